The summed E-state index contributed by atoms with van der Waals surface area (Å²) in [5, 5.41) is 2.05. The molecule has 0 unspecified atom stereocenters. The lowest BCUT2D eigenvalue weighted by Crippen LogP contribution is -2.30. The van der Waals surface area contributed by atoms with Gasteiger partial charge < -0.3 is 0 Å². The number of amides is 1. The molecule has 0 fully saturated rings. The Labute approximate surface area is 118 Å². The van der Waals surface area contributed by atoms with Gasteiger partial charge in [0.2, 0.25) is 15.9 Å². The maximum absolute atomic E-state index is 11.6. The second-order valence-electron chi connectivity index (χ2n) is 4.62. The van der Waals surface area contributed by atoms with E-state index in [0.717, 1.165) is 28.2 Å². The van der Waals surface area contributed by atoms with E-state index in [0.29, 0.717) is 0 Å². The Bertz CT molecular complexity index is 779. The minimum absolute atomic E-state index is 0.0339. The Kier molecular flexibility index (Phi) is 3.90. The molecule has 2 aromatic carbocycles. The fourth-order valence-electron chi connectivity index (χ4n) is 1.98. The highest BCUT2D eigenvalue weighted by Crippen LogP contribution is 2.19. The molecule has 0 bridgehead atoms. The molecule has 5 heteroatoms. The third kappa shape index (κ3) is 3.68. The standard InChI is InChI=1S/C15H15NO3S/c1-3-11-4-6-14-9-12(5-7-13(14)8-11)10-15(17)16-20(2,18)19/h3-9H,1,10H2,2H3,(H,16,17). The van der Waals surface area contributed by atoms with Crippen LogP contribution in [0, 0.1) is 0 Å². The number of hydrogen-bond donors (Lipinski definition) is 1. The minimum Gasteiger partial charge on any atom is -0.274 e. The maximum atomic E-state index is 11.6. The first-order chi connectivity index (χ1) is 9.37. The molecule has 0 aliphatic rings. The van der Waals surface area contributed by atoms with Gasteiger partial charge in [0.25, 0.3) is 0 Å². The predicted octanol–water partition coefficient (Wildman–Crippen LogP) is 2.10. The normalized spacial score (nSPS) is 11.2. The Hall–Kier alpha value is -2.14. The van der Waals surface area contributed by atoms with E-state index in [2.05, 4.69) is 6.58 Å². The monoisotopic (exact) mass is 289 g/mol. The molecule has 0 saturated carbocycles. The van der Waals surface area contributed by atoms with Crippen LogP contribution >= 0.6 is 0 Å². The highest BCUT2D eigenvalue weighted by Gasteiger charge is 2.09. The number of sulfonamides is 1. The molecule has 0 atom stereocenters. The average molecular weight is 289 g/mol. The van der Waals surface area contributed by atoms with E-state index < -0.39 is 15.9 Å². The van der Waals surface area contributed by atoms with Crippen LogP contribution in [0.4, 0.5) is 0 Å². The molecule has 104 valence electrons. The summed E-state index contributed by atoms with van der Waals surface area (Å²) >= 11 is 0. The zero-order valence-corrected chi connectivity index (χ0v) is 11.9. The summed E-state index contributed by atoms with van der Waals surface area (Å²) in [6.45, 7) is 3.72. The topological polar surface area (TPSA) is 63.2 Å². The maximum Gasteiger partial charge on any atom is 0.237 e. The number of carbonyl (C=O) groups excluding carboxylic acids is 1. The van der Waals surface area contributed by atoms with Gasteiger partial charge in [0, 0.05) is 0 Å². The van der Waals surface area contributed by atoms with Gasteiger partial charge in [0.1, 0.15) is 0 Å². The molecule has 0 aromatic heterocycles. The lowest BCUT2D eigenvalue weighted by atomic mass is 10.0. The predicted molar refractivity (Wildman–Crippen MR) is 80.7 cm³/mol. The Morgan fingerprint density at radius 3 is 2.50 bits per heavy atom. The summed E-state index contributed by atoms with van der Waals surface area (Å²) in [5.41, 5.74) is 1.80. The van der Waals surface area contributed by atoms with Gasteiger partial charge in [-0.3, -0.25) is 9.52 Å². The van der Waals surface area contributed by atoms with Crippen LogP contribution in [0.15, 0.2) is 43.0 Å². The van der Waals surface area contributed by atoms with Crippen LogP contribution in [0.1, 0.15) is 11.1 Å². The van der Waals surface area contributed by atoms with Crippen molar-refractivity contribution in [3.63, 3.8) is 0 Å². The molecular weight excluding hydrogens is 274 g/mol. The summed E-state index contributed by atoms with van der Waals surface area (Å²) in [6, 6.07) is 11.5. The van der Waals surface area contributed by atoms with Crippen molar-refractivity contribution in [2.75, 3.05) is 6.26 Å². The van der Waals surface area contributed by atoms with Crippen molar-refractivity contribution in [2.45, 2.75) is 6.42 Å². The van der Waals surface area contributed by atoms with Gasteiger partial charge in [0.05, 0.1) is 12.7 Å². The molecule has 0 spiro atoms. The van der Waals surface area contributed by atoms with E-state index in [9.17, 15) is 13.2 Å². The van der Waals surface area contributed by atoms with Crippen LogP contribution in [-0.4, -0.2) is 20.6 Å². The van der Waals surface area contributed by atoms with Crippen molar-refractivity contribution < 1.29 is 13.2 Å². The van der Waals surface area contributed by atoms with Gasteiger partial charge >= 0.3 is 0 Å². The lowest BCUT2D eigenvalue weighted by molar-refractivity contribution is -0.118. The van der Waals surface area contributed by atoms with E-state index in [-0.39, 0.29) is 6.42 Å². The van der Waals surface area contributed by atoms with E-state index in [4.69, 9.17) is 0 Å². The minimum atomic E-state index is -3.51. The Balaban J connectivity index is 2.24. The summed E-state index contributed by atoms with van der Waals surface area (Å²) in [7, 11) is -3.51. The molecule has 2 rings (SSSR count). The van der Waals surface area contributed by atoms with Crippen LogP contribution in [0.5, 0.6) is 0 Å². The second kappa shape index (κ2) is 5.46. The number of fused-ring (bicyclic) bond motifs is 1. The largest absolute Gasteiger partial charge is 0.274 e. The SMILES string of the molecule is C=Cc1ccc2cc(CC(=O)NS(C)(=O)=O)ccc2c1. The number of rotatable bonds is 4. The van der Waals surface area contributed by atoms with Crippen molar-refractivity contribution in [1.82, 2.24) is 4.72 Å². The molecule has 1 amide bonds. The molecule has 2 aromatic rings. The molecule has 0 saturated heterocycles. The van der Waals surface area contributed by atoms with Crippen molar-refractivity contribution in [2.24, 2.45) is 0 Å². The lowest BCUT2D eigenvalue weighted by Gasteiger charge is -2.05. The van der Waals surface area contributed by atoms with Crippen LogP contribution < -0.4 is 4.72 Å². The first kappa shape index (κ1) is 14.3. The number of carbonyl (C=O) groups is 1. The van der Waals surface area contributed by atoms with Crippen molar-refractivity contribution >= 4 is 32.8 Å². The number of nitrogens with one attached hydrogen (secondary N) is 1. The van der Waals surface area contributed by atoms with Gasteiger partial charge in [-0.25, -0.2) is 8.42 Å². The van der Waals surface area contributed by atoms with Crippen LogP contribution in [0.2, 0.25) is 0 Å². The van der Waals surface area contributed by atoms with Gasteiger partial charge in [-0.05, 0) is 28.0 Å². The second-order valence-corrected chi connectivity index (χ2v) is 6.37. The summed E-state index contributed by atoms with van der Waals surface area (Å²) in [5.74, 6) is -0.533. The van der Waals surface area contributed by atoms with Crippen molar-refractivity contribution in [3.8, 4) is 0 Å². The van der Waals surface area contributed by atoms with Crippen molar-refractivity contribution in [3.05, 3.63) is 54.1 Å². The highest BCUT2D eigenvalue weighted by molar-refractivity contribution is 7.89. The fraction of sp³-hybridized carbons (Fsp3) is 0.133. The first-order valence-electron chi connectivity index (χ1n) is 6.03. The number of benzene rings is 2. The van der Waals surface area contributed by atoms with Gasteiger partial charge in [-0.1, -0.05) is 43.0 Å². The van der Waals surface area contributed by atoms with Crippen molar-refractivity contribution in [1.29, 1.82) is 0 Å². The Morgan fingerprint density at radius 2 is 1.85 bits per heavy atom. The molecule has 0 aliphatic carbocycles. The van der Waals surface area contributed by atoms with Crippen LogP contribution in [0.3, 0.4) is 0 Å². The summed E-state index contributed by atoms with van der Waals surface area (Å²) in [4.78, 5) is 11.6. The zero-order chi connectivity index (χ0) is 14.8. The fourth-order valence-corrected chi connectivity index (χ4v) is 2.46. The van der Waals surface area contributed by atoms with E-state index >= 15 is 0 Å². The summed E-state index contributed by atoms with van der Waals surface area (Å²) in [6.07, 6.45) is 2.77. The van der Waals surface area contributed by atoms with Crippen LogP contribution in [0.25, 0.3) is 16.8 Å². The molecule has 20 heavy (non-hydrogen) atoms. The summed E-state index contributed by atoms with van der Waals surface area (Å²) < 4.78 is 23.9. The van der Waals surface area contributed by atoms with E-state index in [1.807, 2.05) is 41.1 Å². The van der Waals surface area contributed by atoms with E-state index in [1.165, 1.54) is 0 Å². The smallest absolute Gasteiger partial charge is 0.237 e. The zero-order valence-electron chi connectivity index (χ0n) is 11.1. The third-order valence-corrected chi connectivity index (χ3v) is 3.43. The van der Waals surface area contributed by atoms with E-state index in [1.54, 1.807) is 6.08 Å². The molecule has 0 heterocycles. The first-order valence-corrected chi connectivity index (χ1v) is 7.92. The third-order valence-electron chi connectivity index (χ3n) is 2.83. The molecule has 0 radical (unpaired) electrons. The van der Waals surface area contributed by atoms with Gasteiger partial charge in [0.15, 0.2) is 0 Å². The quantitative estimate of drug-likeness (QED) is 0.937. The highest BCUT2D eigenvalue weighted by atomic mass is 32.2. The van der Waals surface area contributed by atoms with Crippen LogP contribution in [-0.2, 0) is 21.2 Å². The number of hydrogen-bond acceptors (Lipinski definition) is 3. The molecule has 1 N–H and O–H groups in total. The van der Waals surface area contributed by atoms with Gasteiger partial charge in [-0.2, -0.15) is 0 Å². The Morgan fingerprint density at radius 1 is 1.20 bits per heavy atom. The average Bonchev–Trinajstić information content (AvgIpc) is 2.35. The molecule has 0 aliphatic heterocycles. The molecular formula is C15H15NO3S. The van der Waals surface area contributed by atoms with Gasteiger partial charge in [-0.15, -0.1) is 0 Å². The molecule has 4 nitrogen and oxygen atoms in total.